The number of nitrogens with one attached hydrogen (secondary N) is 1. The van der Waals surface area contributed by atoms with Gasteiger partial charge in [-0.1, -0.05) is 30.3 Å². The van der Waals surface area contributed by atoms with E-state index < -0.39 is 12.0 Å². The Balaban J connectivity index is 1.47. The van der Waals surface area contributed by atoms with Crippen LogP contribution in [0.25, 0.3) is 0 Å². The molecule has 2 aliphatic rings. The summed E-state index contributed by atoms with van der Waals surface area (Å²) in [5, 5.41) is 5.05. The summed E-state index contributed by atoms with van der Waals surface area (Å²) in [6.45, 7) is 1.34. The molecule has 0 fully saturated rings. The molecule has 0 spiro atoms. The summed E-state index contributed by atoms with van der Waals surface area (Å²) in [5.41, 5.74) is 2.22. The molecular weight excluding hydrogens is 440 g/mol. The summed E-state index contributed by atoms with van der Waals surface area (Å²) in [7, 11) is 1.61. The van der Waals surface area contributed by atoms with Crippen molar-refractivity contribution in [1.29, 1.82) is 0 Å². The third-order valence-electron chi connectivity index (χ3n) is 6.00. The molecule has 33 heavy (non-hydrogen) atoms. The van der Waals surface area contributed by atoms with Crippen molar-refractivity contribution < 1.29 is 23.8 Å². The van der Waals surface area contributed by atoms with E-state index in [1.165, 1.54) is 0 Å². The SMILES string of the molecule is COCCN1C(=O)c2ccccc2[C@@H](C(=O)NCc2ccc3c(c2)OCO3)[C@H]1c1cccs1. The van der Waals surface area contributed by atoms with Crippen LogP contribution >= 0.6 is 11.3 Å². The number of carbonyl (C=O) groups is 2. The quantitative estimate of drug-likeness (QED) is 0.577. The van der Waals surface area contributed by atoms with Crippen LogP contribution in [0, 0.1) is 0 Å². The first-order chi connectivity index (χ1) is 16.2. The van der Waals surface area contributed by atoms with E-state index in [2.05, 4.69) is 5.32 Å². The van der Waals surface area contributed by atoms with E-state index in [1.807, 2.05) is 53.9 Å². The Morgan fingerprint density at radius 2 is 2.00 bits per heavy atom. The number of rotatable bonds is 7. The number of amides is 2. The first kappa shape index (κ1) is 21.5. The van der Waals surface area contributed by atoms with Gasteiger partial charge in [0.05, 0.1) is 18.6 Å². The summed E-state index contributed by atoms with van der Waals surface area (Å²) in [6.07, 6.45) is 0. The van der Waals surface area contributed by atoms with E-state index in [1.54, 1.807) is 29.4 Å². The molecule has 5 rings (SSSR count). The van der Waals surface area contributed by atoms with E-state index in [-0.39, 0.29) is 18.6 Å². The Bertz CT molecular complexity index is 1160. The van der Waals surface area contributed by atoms with Crippen LogP contribution < -0.4 is 14.8 Å². The van der Waals surface area contributed by atoms with Gasteiger partial charge in [0.2, 0.25) is 12.7 Å². The van der Waals surface area contributed by atoms with Gasteiger partial charge in [0.25, 0.3) is 5.91 Å². The monoisotopic (exact) mass is 464 g/mol. The Morgan fingerprint density at radius 1 is 1.15 bits per heavy atom. The standard InChI is InChI=1S/C25H24N2O5S/c1-30-11-10-27-23(21-7-4-12-33-21)22(17-5-2-3-6-18(17)25(27)29)24(28)26-14-16-8-9-19-20(13-16)32-15-31-19/h2-9,12-13,22-23H,10-11,14-15H2,1H3,(H,26,28)/t22-,23-/m1/s1. The number of fused-ring (bicyclic) bond motifs is 2. The van der Waals surface area contributed by atoms with Crippen molar-refractivity contribution >= 4 is 23.2 Å². The zero-order valence-electron chi connectivity index (χ0n) is 18.2. The first-order valence-electron chi connectivity index (χ1n) is 10.8. The molecule has 0 saturated heterocycles. The fourth-order valence-electron chi connectivity index (χ4n) is 4.44. The summed E-state index contributed by atoms with van der Waals surface area (Å²) >= 11 is 1.55. The van der Waals surface area contributed by atoms with Gasteiger partial charge in [-0.15, -0.1) is 11.3 Å². The number of methoxy groups -OCH3 is 1. The molecule has 8 heteroatoms. The number of thiophene rings is 1. The van der Waals surface area contributed by atoms with Crippen molar-refractivity contribution in [3.05, 3.63) is 81.5 Å². The van der Waals surface area contributed by atoms with Crippen molar-refractivity contribution in [3.63, 3.8) is 0 Å². The average molecular weight is 465 g/mol. The molecule has 0 radical (unpaired) electrons. The number of carbonyl (C=O) groups excluding carboxylic acids is 2. The van der Waals surface area contributed by atoms with Crippen LogP contribution in [-0.2, 0) is 16.1 Å². The highest BCUT2D eigenvalue weighted by atomic mass is 32.1. The van der Waals surface area contributed by atoms with Crippen molar-refractivity contribution in [3.8, 4) is 11.5 Å². The molecule has 3 heterocycles. The number of hydrogen-bond acceptors (Lipinski definition) is 6. The van der Waals surface area contributed by atoms with Crippen LogP contribution in [0.3, 0.4) is 0 Å². The molecular formula is C25H24N2O5S. The van der Waals surface area contributed by atoms with Gasteiger partial charge in [0.15, 0.2) is 11.5 Å². The van der Waals surface area contributed by atoms with Gasteiger partial charge in [-0.05, 0) is 40.8 Å². The topological polar surface area (TPSA) is 77.1 Å². The molecule has 2 atom stereocenters. The maximum atomic E-state index is 13.7. The number of ether oxygens (including phenoxy) is 3. The lowest BCUT2D eigenvalue weighted by Gasteiger charge is -2.41. The van der Waals surface area contributed by atoms with Gasteiger partial charge in [-0.25, -0.2) is 0 Å². The fraction of sp³-hybridized carbons (Fsp3) is 0.280. The Hall–Kier alpha value is -3.36. The highest BCUT2D eigenvalue weighted by molar-refractivity contribution is 7.10. The Labute approximate surface area is 195 Å². The van der Waals surface area contributed by atoms with Crippen LogP contribution in [0.5, 0.6) is 11.5 Å². The van der Waals surface area contributed by atoms with Gasteiger partial charge >= 0.3 is 0 Å². The van der Waals surface area contributed by atoms with Crippen LogP contribution in [0.15, 0.2) is 60.0 Å². The normalized spacial score (nSPS) is 18.8. The maximum absolute atomic E-state index is 13.7. The molecule has 2 aliphatic heterocycles. The van der Waals surface area contributed by atoms with Crippen molar-refractivity contribution in [2.75, 3.05) is 27.1 Å². The molecule has 0 unspecified atom stereocenters. The van der Waals surface area contributed by atoms with Gasteiger partial charge in [0.1, 0.15) is 0 Å². The molecule has 0 bridgehead atoms. The zero-order chi connectivity index (χ0) is 22.8. The van der Waals surface area contributed by atoms with Gasteiger partial charge in [0, 0.05) is 30.6 Å². The second-order valence-electron chi connectivity index (χ2n) is 7.92. The Morgan fingerprint density at radius 3 is 2.82 bits per heavy atom. The highest BCUT2D eigenvalue weighted by Gasteiger charge is 2.44. The van der Waals surface area contributed by atoms with Crippen molar-refractivity contribution in [2.24, 2.45) is 0 Å². The second-order valence-corrected chi connectivity index (χ2v) is 8.90. The number of nitrogens with zero attached hydrogens (tertiary/aromatic N) is 1. The minimum Gasteiger partial charge on any atom is -0.454 e. The summed E-state index contributed by atoms with van der Waals surface area (Å²) in [4.78, 5) is 29.8. The largest absolute Gasteiger partial charge is 0.454 e. The van der Waals surface area contributed by atoms with E-state index in [0.717, 1.165) is 16.0 Å². The van der Waals surface area contributed by atoms with Gasteiger partial charge in [-0.3, -0.25) is 9.59 Å². The van der Waals surface area contributed by atoms with Gasteiger partial charge in [-0.2, -0.15) is 0 Å². The van der Waals surface area contributed by atoms with Crippen LogP contribution in [-0.4, -0.2) is 43.8 Å². The third-order valence-corrected chi connectivity index (χ3v) is 6.94. The second kappa shape index (κ2) is 9.25. The molecule has 1 aromatic heterocycles. The van der Waals surface area contributed by atoms with E-state index in [4.69, 9.17) is 14.2 Å². The predicted octanol–water partition coefficient (Wildman–Crippen LogP) is 3.72. The van der Waals surface area contributed by atoms with Crippen molar-refractivity contribution in [1.82, 2.24) is 10.2 Å². The third kappa shape index (κ3) is 4.07. The molecule has 0 aliphatic carbocycles. The van der Waals surface area contributed by atoms with E-state index in [9.17, 15) is 9.59 Å². The lowest BCUT2D eigenvalue weighted by Crippen LogP contribution is -2.48. The zero-order valence-corrected chi connectivity index (χ0v) is 19.0. The smallest absolute Gasteiger partial charge is 0.254 e. The number of hydrogen-bond donors (Lipinski definition) is 1. The summed E-state index contributed by atoms with van der Waals surface area (Å²) < 4.78 is 16.1. The van der Waals surface area contributed by atoms with Crippen LogP contribution in [0.1, 0.15) is 38.3 Å². The minimum absolute atomic E-state index is 0.0825. The first-order valence-corrected chi connectivity index (χ1v) is 11.6. The van der Waals surface area contributed by atoms with Crippen molar-refractivity contribution in [2.45, 2.75) is 18.5 Å². The molecule has 2 aromatic carbocycles. The molecule has 170 valence electrons. The number of benzene rings is 2. The minimum atomic E-state index is -0.539. The molecule has 2 amide bonds. The molecule has 7 nitrogen and oxygen atoms in total. The molecule has 1 N–H and O–H groups in total. The van der Waals surface area contributed by atoms with Crippen LogP contribution in [0.2, 0.25) is 0 Å². The highest BCUT2D eigenvalue weighted by Crippen LogP contribution is 2.44. The average Bonchev–Trinajstić information content (AvgIpc) is 3.53. The summed E-state index contributed by atoms with van der Waals surface area (Å²) in [6, 6.07) is 16.5. The Kier molecular flexibility index (Phi) is 6.02. The maximum Gasteiger partial charge on any atom is 0.254 e. The van der Waals surface area contributed by atoms with E-state index >= 15 is 0 Å². The fourth-order valence-corrected chi connectivity index (χ4v) is 5.31. The molecule has 0 saturated carbocycles. The lowest BCUT2D eigenvalue weighted by molar-refractivity contribution is -0.124. The summed E-state index contributed by atoms with van der Waals surface area (Å²) in [5.74, 6) is 0.631. The van der Waals surface area contributed by atoms with Crippen LogP contribution in [0.4, 0.5) is 0 Å². The lowest BCUT2D eigenvalue weighted by atomic mass is 9.81. The molecule has 3 aromatic rings. The predicted molar refractivity (Wildman–Crippen MR) is 124 cm³/mol. The van der Waals surface area contributed by atoms with Gasteiger partial charge < -0.3 is 24.4 Å². The van der Waals surface area contributed by atoms with E-state index in [0.29, 0.717) is 36.8 Å².